The normalized spacial score (nSPS) is 21.3. The van der Waals surface area contributed by atoms with Crippen molar-refractivity contribution in [1.82, 2.24) is 14.9 Å². The highest BCUT2D eigenvalue weighted by atomic mass is 15.2. The Bertz CT molecular complexity index is 390. The molecule has 0 radical (unpaired) electrons. The van der Waals surface area contributed by atoms with Crippen molar-refractivity contribution in [2.45, 2.75) is 26.3 Å². The topological polar surface area (TPSA) is 67.1 Å². The molecule has 1 aliphatic heterocycles. The smallest absolute Gasteiger partial charge is 0.135 e. The van der Waals surface area contributed by atoms with Gasteiger partial charge in [0.25, 0.3) is 0 Å². The van der Waals surface area contributed by atoms with Gasteiger partial charge in [0.1, 0.15) is 17.5 Å². The number of aryl methyl sites for hydroxylation is 1. The van der Waals surface area contributed by atoms with E-state index >= 15 is 0 Å². The Labute approximate surface area is 96.1 Å². The van der Waals surface area contributed by atoms with Crippen molar-refractivity contribution in [1.29, 1.82) is 0 Å². The Hall–Kier alpha value is -1.36. The number of aromatic nitrogens is 2. The molecule has 1 aromatic rings. The summed E-state index contributed by atoms with van der Waals surface area (Å²) in [6.07, 6.45) is 1.15. The second kappa shape index (κ2) is 4.25. The molecule has 88 valence electrons. The molecule has 2 rings (SSSR count). The Balaban J connectivity index is 2.15. The van der Waals surface area contributed by atoms with E-state index in [4.69, 9.17) is 5.73 Å². The van der Waals surface area contributed by atoms with Gasteiger partial charge in [-0.1, -0.05) is 0 Å². The molecule has 1 saturated heterocycles. The van der Waals surface area contributed by atoms with Crippen LogP contribution in [0.15, 0.2) is 0 Å². The summed E-state index contributed by atoms with van der Waals surface area (Å²) < 4.78 is 0. The minimum absolute atomic E-state index is 0.470. The summed E-state index contributed by atoms with van der Waals surface area (Å²) >= 11 is 0. The molecular weight excluding hydrogens is 202 g/mol. The first-order chi connectivity index (χ1) is 7.56. The summed E-state index contributed by atoms with van der Waals surface area (Å²) in [6.45, 7) is 6.01. The highest BCUT2D eigenvalue weighted by Gasteiger charge is 2.20. The average molecular weight is 221 g/mol. The van der Waals surface area contributed by atoms with Crippen molar-refractivity contribution in [3.05, 3.63) is 11.4 Å². The van der Waals surface area contributed by atoms with E-state index < -0.39 is 0 Å². The molecule has 1 fully saturated rings. The van der Waals surface area contributed by atoms with E-state index in [2.05, 4.69) is 27.2 Å². The third kappa shape index (κ3) is 2.24. The summed E-state index contributed by atoms with van der Waals surface area (Å²) in [7, 11) is 2.13. The predicted molar refractivity (Wildman–Crippen MR) is 65.4 cm³/mol. The van der Waals surface area contributed by atoms with E-state index in [1.54, 1.807) is 0 Å². The number of nitrogen functional groups attached to an aromatic ring is 1. The fraction of sp³-hybridized carbons (Fsp3) is 0.636. The van der Waals surface area contributed by atoms with Gasteiger partial charge in [0.2, 0.25) is 0 Å². The van der Waals surface area contributed by atoms with Gasteiger partial charge < -0.3 is 16.0 Å². The summed E-state index contributed by atoms with van der Waals surface area (Å²) in [5.74, 6) is 2.17. The quantitative estimate of drug-likeness (QED) is 0.773. The van der Waals surface area contributed by atoms with Crippen LogP contribution in [0.3, 0.4) is 0 Å². The average Bonchev–Trinajstić information content (AvgIpc) is 2.60. The number of nitrogens with one attached hydrogen (secondary N) is 1. The predicted octanol–water partition coefficient (Wildman–Crippen LogP) is 0.792. The number of rotatable bonds is 2. The fourth-order valence-electron chi connectivity index (χ4n) is 2.04. The van der Waals surface area contributed by atoms with Crippen molar-refractivity contribution >= 4 is 11.6 Å². The van der Waals surface area contributed by atoms with Crippen LogP contribution in [0.1, 0.15) is 17.8 Å². The lowest BCUT2D eigenvalue weighted by Gasteiger charge is -2.16. The molecule has 0 aliphatic carbocycles. The maximum Gasteiger partial charge on any atom is 0.135 e. The van der Waals surface area contributed by atoms with E-state index in [0.717, 1.165) is 36.7 Å². The van der Waals surface area contributed by atoms with Crippen molar-refractivity contribution in [3.63, 3.8) is 0 Å². The van der Waals surface area contributed by atoms with Gasteiger partial charge in [-0.2, -0.15) is 0 Å². The Morgan fingerprint density at radius 2 is 2.12 bits per heavy atom. The van der Waals surface area contributed by atoms with Crippen molar-refractivity contribution < 1.29 is 0 Å². The van der Waals surface area contributed by atoms with E-state index in [9.17, 15) is 0 Å². The lowest BCUT2D eigenvalue weighted by molar-refractivity contribution is 0.414. The number of likely N-dealkylation sites (N-methyl/N-ethyl adjacent to an activating group) is 1. The van der Waals surface area contributed by atoms with Crippen LogP contribution < -0.4 is 11.1 Å². The third-order valence-electron chi connectivity index (χ3n) is 3.03. The van der Waals surface area contributed by atoms with Gasteiger partial charge >= 0.3 is 0 Å². The molecule has 2 heterocycles. The number of hydrogen-bond acceptors (Lipinski definition) is 5. The molecule has 3 N–H and O–H groups in total. The van der Waals surface area contributed by atoms with E-state index in [0.29, 0.717) is 11.9 Å². The van der Waals surface area contributed by atoms with Crippen LogP contribution in [0.5, 0.6) is 0 Å². The molecule has 1 aliphatic rings. The van der Waals surface area contributed by atoms with Gasteiger partial charge in [-0.15, -0.1) is 0 Å². The zero-order valence-corrected chi connectivity index (χ0v) is 10.1. The number of hydrogen-bond donors (Lipinski definition) is 2. The molecule has 16 heavy (non-hydrogen) atoms. The van der Waals surface area contributed by atoms with Gasteiger partial charge in [0.05, 0.1) is 0 Å². The first-order valence-corrected chi connectivity index (χ1v) is 5.62. The van der Waals surface area contributed by atoms with Crippen LogP contribution in [-0.2, 0) is 0 Å². The minimum Gasteiger partial charge on any atom is -0.383 e. The first-order valence-electron chi connectivity index (χ1n) is 5.62. The summed E-state index contributed by atoms with van der Waals surface area (Å²) in [4.78, 5) is 10.9. The highest BCUT2D eigenvalue weighted by Crippen LogP contribution is 2.20. The zero-order valence-electron chi connectivity index (χ0n) is 10.1. The van der Waals surface area contributed by atoms with Crippen LogP contribution in [-0.4, -0.2) is 41.0 Å². The zero-order chi connectivity index (χ0) is 11.7. The monoisotopic (exact) mass is 221 g/mol. The van der Waals surface area contributed by atoms with E-state index in [1.165, 1.54) is 0 Å². The van der Waals surface area contributed by atoms with Gasteiger partial charge in [0.15, 0.2) is 0 Å². The van der Waals surface area contributed by atoms with Crippen LogP contribution in [0.4, 0.5) is 11.6 Å². The molecule has 1 unspecified atom stereocenters. The van der Waals surface area contributed by atoms with Crippen molar-refractivity contribution in [3.8, 4) is 0 Å². The largest absolute Gasteiger partial charge is 0.383 e. The maximum absolute atomic E-state index is 5.82. The van der Waals surface area contributed by atoms with Gasteiger partial charge in [-0.3, -0.25) is 0 Å². The number of anilines is 2. The molecule has 5 heteroatoms. The van der Waals surface area contributed by atoms with Crippen LogP contribution in [0.2, 0.25) is 0 Å². The molecular formula is C11H19N5. The van der Waals surface area contributed by atoms with Crippen molar-refractivity contribution in [2.24, 2.45) is 0 Å². The van der Waals surface area contributed by atoms with Gasteiger partial charge in [-0.05, 0) is 33.9 Å². The van der Waals surface area contributed by atoms with E-state index in [1.807, 2.05) is 13.8 Å². The summed E-state index contributed by atoms with van der Waals surface area (Å²) in [5, 5.41) is 3.45. The van der Waals surface area contributed by atoms with Crippen LogP contribution >= 0.6 is 0 Å². The molecule has 0 aromatic carbocycles. The Kier molecular flexibility index (Phi) is 2.96. The first kappa shape index (κ1) is 11.1. The lowest BCUT2D eigenvalue weighted by Crippen LogP contribution is -2.25. The lowest BCUT2D eigenvalue weighted by atomic mass is 10.2. The van der Waals surface area contributed by atoms with Gasteiger partial charge in [-0.25, -0.2) is 9.97 Å². The fourth-order valence-corrected chi connectivity index (χ4v) is 2.04. The minimum atomic E-state index is 0.470. The van der Waals surface area contributed by atoms with Gasteiger partial charge in [0, 0.05) is 18.2 Å². The number of nitrogens with zero attached hydrogens (tertiary/aromatic N) is 3. The summed E-state index contributed by atoms with van der Waals surface area (Å²) in [5.41, 5.74) is 6.77. The highest BCUT2D eigenvalue weighted by molar-refractivity contribution is 5.55. The molecule has 0 amide bonds. The standard InChI is InChI=1S/C11H19N5/c1-7-10(12)13-8(2)14-11(7)15-9-4-5-16(3)6-9/h9H,4-6H2,1-3H3,(H3,12,13,14,15). The summed E-state index contributed by atoms with van der Waals surface area (Å²) in [6, 6.07) is 0.470. The molecule has 0 bridgehead atoms. The van der Waals surface area contributed by atoms with Crippen LogP contribution in [0, 0.1) is 13.8 Å². The second-order valence-corrected chi connectivity index (χ2v) is 4.52. The molecule has 1 aromatic heterocycles. The molecule has 1 atom stereocenters. The third-order valence-corrected chi connectivity index (χ3v) is 3.03. The Morgan fingerprint density at radius 1 is 1.38 bits per heavy atom. The molecule has 0 spiro atoms. The molecule has 0 saturated carbocycles. The number of likely N-dealkylation sites (tertiary alicyclic amines) is 1. The van der Waals surface area contributed by atoms with E-state index in [-0.39, 0.29) is 0 Å². The number of nitrogens with two attached hydrogens (primary N) is 1. The Morgan fingerprint density at radius 3 is 2.75 bits per heavy atom. The van der Waals surface area contributed by atoms with Crippen molar-refractivity contribution in [2.75, 3.05) is 31.2 Å². The SMILES string of the molecule is Cc1nc(N)c(C)c(NC2CCN(C)C2)n1. The second-order valence-electron chi connectivity index (χ2n) is 4.52. The van der Waals surface area contributed by atoms with Crippen LogP contribution in [0.25, 0.3) is 0 Å². The molecule has 5 nitrogen and oxygen atoms in total. The maximum atomic E-state index is 5.82.